The van der Waals surface area contributed by atoms with E-state index in [-0.39, 0.29) is 16.8 Å². The van der Waals surface area contributed by atoms with Crippen LogP contribution in [0.15, 0.2) is 53.4 Å². The molecule has 1 amide bonds. The standard InChI is InChI=1S/C23H28ClN3O3S/c24-20-9-5-7-18(15-20)22(26-11-1-2-12-26)17-25-23(28)19-8-6-10-21(16-19)31(29,30)27-13-3-4-14-27/h5-10,15-16,22H,1-4,11-14,17H2,(H,25,28). The van der Waals surface area contributed by atoms with Gasteiger partial charge in [0.25, 0.3) is 5.91 Å². The van der Waals surface area contributed by atoms with Gasteiger partial charge in [-0.05, 0) is 74.7 Å². The predicted octanol–water partition coefficient (Wildman–Crippen LogP) is 3.69. The molecule has 2 aliphatic heterocycles. The number of carbonyl (C=O) groups excluding carboxylic acids is 1. The van der Waals surface area contributed by atoms with Gasteiger partial charge in [0.15, 0.2) is 0 Å². The average molecular weight is 462 g/mol. The molecule has 31 heavy (non-hydrogen) atoms. The van der Waals surface area contributed by atoms with Crippen molar-refractivity contribution in [1.29, 1.82) is 0 Å². The first-order valence-corrected chi connectivity index (χ1v) is 12.6. The summed E-state index contributed by atoms with van der Waals surface area (Å²) in [6.07, 6.45) is 4.03. The van der Waals surface area contributed by atoms with Crippen LogP contribution < -0.4 is 5.32 Å². The number of hydrogen-bond acceptors (Lipinski definition) is 4. The monoisotopic (exact) mass is 461 g/mol. The van der Waals surface area contributed by atoms with E-state index in [0.29, 0.717) is 30.2 Å². The van der Waals surface area contributed by atoms with Crippen molar-refractivity contribution < 1.29 is 13.2 Å². The number of likely N-dealkylation sites (tertiary alicyclic amines) is 1. The van der Waals surface area contributed by atoms with Crippen LogP contribution in [0.4, 0.5) is 0 Å². The van der Waals surface area contributed by atoms with Crippen molar-refractivity contribution in [3.8, 4) is 0 Å². The number of rotatable bonds is 7. The van der Waals surface area contributed by atoms with Gasteiger partial charge in [0, 0.05) is 30.2 Å². The summed E-state index contributed by atoms with van der Waals surface area (Å²) in [6, 6.07) is 14.1. The Kier molecular flexibility index (Phi) is 6.96. The molecule has 0 aliphatic carbocycles. The predicted molar refractivity (Wildman–Crippen MR) is 122 cm³/mol. The molecule has 2 fully saturated rings. The fraction of sp³-hybridized carbons (Fsp3) is 0.435. The second-order valence-corrected chi connectivity index (χ2v) is 10.5. The van der Waals surface area contributed by atoms with Crippen LogP contribution in [-0.4, -0.2) is 56.3 Å². The number of hydrogen-bond donors (Lipinski definition) is 1. The normalized spacial score (nSPS) is 18.9. The molecule has 1 unspecified atom stereocenters. The quantitative estimate of drug-likeness (QED) is 0.682. The zero-order valence-corrected chi connectivity index (χ0v) is 19.0. The fourth-order valence-electron chi connectivity index (χ4n) is 4.39. The second-order valence-electron chi connectivity index (χ2n) is 8.16. The molecule has 4 rings (SSSR count). The Morgan fingerprint density at radius 1 is 0.968 bits per heavy atom. The average Bonchev–Trinajstić information content (AvgIpc) is 3.49. The van der Waals surface area contributed by atoms with Crippen molar-refractivity contribution >= 4 is 27.5 Å². The lowest BCUT2D eigenvalue weighted by Gasteiger charge is -2.28. The van der Waals surface area contributed by atoms with Crippen molar-refractivity contribution in [2.45, 2.75) is 36.6 Å². The van der Waals surface area contributed by atoms with E-state index in [2.05, 4.69) is 10.2 Å². The highest BCUT2D eigenvalue weighted by molar-refractivity contribution is 7.89. The molecular weight excluding hydrogens is 434 g/mol. The first-order chi connectivity index (χ1) is 14.9. The fourth-order valence-corrected chi connectivity index (χ4v) is 6.15. The summed E-state index contributed by atoms with van der Waals surface area (Å²) < 4.78 is 27.2. The molecule has 2 saturated heterocycles. The first kappa shape index (κ1) is 22.3. The lowest BCUT2D eigenvalue weighted by atomic mass is 10.1. The van der Waals surface area contributed by atoms with Gasteiger partial charge in [-0.3, -0.25) is 9.69 Å². The van der Waals surface area contributed by atoms with E-state index in [4.69, 9.17) is 11.6 Å². The number of nitrogens with one attached hydrogen (secondary N) is 1. The summed E-state index contributed by atoms with van der Waals surface area (Å²) in [5.41, 5.74) is 1.42. The molecular formula is C23H28ClN3O3S. The van der Waals surface area contributed by atoms with Gasteiger partial charge >= 0.3 is 0 Å². The van der Waals surface area contributed by atoms with Crippen LogP contribution in [0.2, 0.25) is 5.02 Å². The topological polar surface area (TPSA) is 69.7 Å². The van der Waals surface area contributed by atoms with Crippen molar-refractivity contribution in [2.75, 3.05) is 32.7 Å². The van der Waals surface area contributed by atoms with Gasteiger partial charge in [-0.15, -0.1) is 0 Å². The molecule has 2 heterocycles. The highest BCUT2D eigenvalue weighted by atomic mass is 35.5. The minimum Gasteiger partial charge on any atom is -0.350 e. The highest BCUT2D eigenvalue weighted by Crippen LogP contribution is 2.27. The van der Waals surface area contributed by atoms with Crippen molar-refractivity contribution in [3.05, 3.63) is 64.7 Å². The minimum atomic E-state index is -3.56. The summed E-state index contributed by atoms with van der Waals surface area (Å²) in [6.45, 7) is 3.47. The third kappa shape index (κ3) is 5.12. The Balaban J connectivity index is 1.49. The van der Waals surface area contributed by atoms with Gasteiger partial charge in [-0.2, -0.15) is 4.31 Å². The number of halogens is 1. The Morgan fingerprint density at radius 3 is 2.35 bits per heavy atom. The maximum Gasteiger partial charge on any atom is 0.251 e. The lowest BCUT2D eigenvalue weighted by Crippen LogP contribution is -2.37. The number of nitrogens with zero attached hydrogens (tertiary/aromatic N) is 2. The van der Waals surface area contributed by atoms with E-state index < -0.39 is 10.0 Å². The van der Waals surface area contributed by atoms with Crippen molar-refractivity contribution in [3.63, 3.8) is 0 Å². The summed E-state index contributed by atoms with van der Waals surface area (Å²) in [5.74, 6) is -0.273. The summed E-state index contributed by atoms with van der Waals surface area (Å²) in [5, 5.41) is 3.68. The third-order valence-corrected chi connectivity index (χ3v) is 8.20. The van der Waals surface area contributed by atoms with E-state index >= 15 is 0 Å². The largest absolute Gasteiger partial charge is 0.350 e. The van der Waals surface area contributed by atoms with Crippen LogP contribution in [0.3, 0.4) is 0 Å². The molecule has 2 aromatic carbocycles. The molecule has 6 nitrogen and oxygen atoms in total. The molecule has 1 atom stereocenters. The number of sulfonamides is 1. The first-order valence-electron chi connectivity index (χ1n) is 10.8. The summed E-state index contributed by atoms with van der Waals surface area (Å²) in [4.78, 5) is 15.4. The molecule has 0 bridgehead atoms. The van der Waals surface area contributed by atoms with Gasteiger partial charge in [0.1, 0.15) is 0 Å². The van der Waals surface area contributed by atoms with E-state index in [9.17, 15) is 13.2 Å². The van der Waals surface area contributed by atoms with Crippen molar-refractivity contribution in [1.82, 2.24) is 14.5 Å². The molecule has 0 spiro atoms. The van der Waals surface area contributed by atoms with E-state index in [1.54, 1.807) is 18.2 Å². The number of amides is 1. The summed E-state index contributed by atoms with van der Waals surface area (Å²) in [7, 11) is -3.56. The zero-order chi connectivity index (χ0) is 21.8. The molecule has 8 heteroatoms. The zero-order valence-electron chi connectivity index (χ0n) is 17.5. The van der Waals surface area contributed by atoms with Crippen LogP contribution >= 0.6 is 11.6 Å². The third-order valence-electron chi connectivity index (χ3n) is 6.07. The van der Waals surface area contributed by atoms with Gasteiger partial charge in [-0.1, -0.05) is 29.8 Å². The molecule has 166 valence electrons. The highest BCUT2D eigenvalue weighted by Gasteiger charge is 2.28. The van der Waals surface area contributed by atoms with Crippen molar-refractivity contribution in [2.24, 2.45) is 0 Å². The Bertz CT molecular complexity index is 1030. The Hall–Kier alpha value is -1.93. The second kappa shape index (κ2) is 9.69. The van der Waals surface area contributed by atoms with Gasteiger partial charge in [-0.25, -0.2) is 8.42 Å². The van der Waals surface area contributed by atoms with Crippen LogP contribution in [0.25, 0.3) is 0 Å². The molecule has 2 aromatic rings. The SMILES string of the molecule is O=C(NCC(c1cccc(Cl)c1)N1CCCC1)c1cccc(S(=O)(=O)N2CCCC2)c1. The van der Waals surface area contributed by atoms with Gasteiger partial charge < -0.3 is 5.32 Å². The molecule has 0 radical (unpaired) electrons. The smallest absolute Gasteiger partial charge is 0.251 e. The molecule has 0 aromatic heterocycles. The van der Waals surface area contributed by atoms with E-state index in [1.807, 2.05) is 24.3 Å². The number of carbonyl (C=O) groups is 1. The van der Waals surface area contributed by atoms with Crippen LogP contribution in [0.5, 0.6) is 0 Å². The molecule has 0 saturated carbocycles. The van der Waals surface area contributed by atoms with Crippen LogP contribution in [-0.2, 0) is 10.0 Å². The summed E-state index contributed by atoms with van der Waals surface area (Å²) >= 11 is 6.20. The van der Waals surface area contributed by atoms with E-state index in [0.717, 1.165) is 44.3 Å². The van der Waals surface area contributed by atoms with Gasteiger partial charge in [0.05, 0.1) is 10.9 Å². The van der Waals surface area contributed by atoms with Gasteiger partial charge in [0.2, 0.25) is 10.0 Å². The maximum absolute atomic E-state index is 12.9. The Labute approximate surface area is 189 Å². The van der Waals surface area contributed by atoms with Crippen LogP contribution in [0, 0.1) is 0 Å². The molecule has 2 aliphatic rings. The maximum atomic E-state index is 12.9. The number of benzene rings is 2. The van der Waals surface area contributed by atoms with E-state index in [1.165, 1.54) is 10.4 Å². The lowest BCUT2D eigenvalue weighted by molar-refractivity contribution is 0.0937. The molecule has 1 N–H and O–H groups in total. The van der Waals surface area contributed by atoms with Crippen LogP contribution in [0.1, 0.15) is 47.6 Å². The minimum absolute atomic E-state index is 0.0293. The Morgan fingerprint density at radius 2 is 1.65 bits per heavy atom.